The van der Waals surface area contributed by atoms with Gasteiger partial charge in [0.15, 0.2) is 0 Å². The van der Waals surface area contributed by atoms with E-state index in [9.17, 15) is 0 Å². The third kappa shape index (κ3) is 3.25. The lowest BCUT2D eigenvalue weighted by Crippen LogP contribution is -1.89. The van der Waals surface area contributed by atoms with Crippen LogP contribution < -0.4 is 0 Å². The number of nitrogens with one attached hydrogen (secondary N) is 1. The van der Waals surface area contributed by atoms with Gasteiger partial charge in [-0.1, -0.05) is 33.1 Å². The number of hydrogen-bond donors (Lipinski definition) is 1. The number of H-pyrrole nitrogens is 1. The van der Waals surface area contributed by atoms with Crippen molar-refractivity contribution in [3.63, 3.8) is 0 Å². The molecule has 1 rings (SSSR count). The SMILES string of the molecule is CCCCCc1c[nH]cc1CCC. The molecule has 1 heterocycles. The van der Waals surface area contributed by atoms with E-state index in [1.165, 1.54) is 49.7 Å². The highest BCUT2D eigenvalue weighted by Gasteiger charge is 2.01. The third-order valence-corrected chi connectivity index (χ3v) is 2.50. The third-order valence-electron chi connectivity index (χ3n) is 2.50. The zero-order valence-corrected chi connectivity index (χ0v) is 8.90. The average molecular weight is 179 g/mol. The molecule has 0 aliphatic rings. The van der Waals surface area contributed by atoms with E-state index in [4.69, 9.17) is 0 Å². The largest absolute Gasteiger partial charge is 0.367 e. The highest BCUT2D eigenvalue weighted by atomic mass is 14.6. The molecule has 0 fully saturated rings. The minimum absolute atomic E-state index is 1.23. The summed E-state index contributed by atoms with van der Waals surface area (Å²) in [5, 5.41) is 0. The summed E-state index contributed by atoms with van der Waals surface area (Å²) < 4.78 is 0. The minimum atomic E-state index is 1.23. The number of hydrogen-bond acceptors (Lipinski definition) is 0. The second-order valence-corrected chi connectivity index (χ2v) is 3.71. The molecule has 0 saturated heterocycles. The molecule has 1 aromatic rings. The van der Waals surface area contributed by atoms with Crippen LogP contribution in [0, 0.1) is 0 Å². The monoisotopic (exact) mass is 179 g/mol. The molecule has 0 radical (unpaired) electrons. The lowest BCUT2D eigenvalue weighted by atomic mass is 10.0. The Morgan fingerprint density at radius 1 is 0.923 bits per heavy atom. The van der Waals surface area contributed by atoms with Crippen LogP contribution in [0.1, 0.15) is 50.7 Å². The van der Waals surface area contributed by atoms with Gasteiger partial charge in [0, 0.05) is 12.4 Å². The molecule has 0 saturated carbocycles. The highest BCUT2D eigenvalue weighted by Crippen LogP contribution is 2.13. The quantitative estimate of drug-likeness (QED) is 0.641. The van der Waals surface area contributed by atoms with Crippen LogP contribution >= 0.6 is 0 Å². The van der Waals surface area contributed by atoms with Gasteiger partial charge in [0.1, 0.15) is 0 Å². The van der Waals surface area contributed by atoms with Gasteiger partial charge in [-0.25, -0.2) is 0 Å². The van der Waals surface area contributed by atoms with Crippen LogP contribution in [-0.2, 0) is 12.8 Å². The van der Waals surface area contributed by atoms with E-state index in [1.54, 1.807) is 0 Å². The Morgan fingerprint density at radius 3 is 2.23 bits per heavy atom. The molecule has 0 atom stereocenters. The Balaban J connectivity index is 2.40. The normalized spacial score (nSPS) is 10.6. The number of unbranched alkanes of at least 4 members (excludes halogenated alkanes) is 2. The minimum Gasteiger partial charge on any atom is -0.367 e. The van der Waals surface area contributed by atoms with Gasteiger partial charge in [-0.2, -0.15) is 0 Å². The molecule has 0 aromatic carbocycles. The number of aryl methyl sites for hydroxylation is 2. The van der Waals surface area contributed by atoms with Crippen molar-refractivity contribution in [1.82, 2.24) is 4.98 Å². The van der Waals surface area contributed by atoms with Crippen LogP contribution in [0.3, 0.4) is 0 Å². The molecule has 1 N–H and O–H groups in total. The maximum absolute atomic E-state index is 3.21. The second kappa shape index (κ2) is 5.85. The number of rotatable bonds is 6. The van der Waals surface area contributed by atoms with Gasteiger partial charge in [0.05, 0.1) is 0 Å². The standard InChI is InChI=1S/C12H21N/c1-3-5-6-8-12-10-13-9-11(12)7-4-2/h9-10,13H,3-8H2,1-2H3. The van der Waals surface area contributed by atoms with Crippen molar-refractivity contribution < 1.29 is 0 Å². The van der Waals surface area contributed by atoms with Crippen molar-refractivity contribution in [3.05, 3.63) is 23.5 Å². The van der Waals surface area contributed by atoms with Gasteiger partial charge in [-0.3, -0.25) is 0 Å². The van der Waals surface area contributed by atoms with E-state index in [0.717, 1.165) is 0 Å². The van der Waals surface area contributed by atoms with Crippen LogP contribution in [-0.4, -0.2) is 4.98 Å². The molecule has 0 bridgehead atoms. The molecule has 0 spiro atoms. The molecule has 1 nitrogen and oxygen atoms in total. The smallest absolute Gasteiger partial charge is 0.00401 e. The van der Waals surface area contributed by atoms with Crippen LogP contribution in [0.25, 0.3) is 0 Å². The Morgan fingerprint density at radius 2 is 1.62 bits per heavy atom. The van der Waals surface area contributed by atoms with Crippen LogP contribution in [0.15, 0.2) is 12.4 Å². The lowest BCUT2D eigenvalue weighted by Gasteiger charge is -2.01. The van der Waals surface area contributed by atoms with Crippen LogP contribution in [0.4, 0.5) is 0 Å². The van der Waals surface area contributed by atoms with Crippen LogP contribution in [0.2, 0.25) is 0 Å². The molecule has 1 heteroatoms. The highest BCUT2D eigenvalue weighted by molar-refractivity contribution is 5.23. The maximum Gasteiger partial charge on any atom is 0.00401 e. The van der Waals surface area contributed by atoms with Crippen molar-refractivity contribution >= 4 is 0 Å². The van der Waals surface area contributed by atoms with Gasteiger partial charge in [0.25, 0.3) is 0 Å². The molecular formula is C12H21N. The van der Waals surface area contributed by atoms with Crippen molar-refractivity contribution in [3.8, 4) is 0 Å². The molecular weight excluding hydrogens is 158 g/mol. The van der Waals surface area contributed by atoms with Crippen molar-refractivity contribution in [1.29, 1.82) is 0 Å². The maximum atomic E-state index is 3.21. The van der Waals surface area contributed by atoms with E-state index in [1.807, 2.05) is 0 Å². The molecule has 0 unspecified atom stereocenters. The first-order valence-electron chi connectivity index (χ1n) is 5.53. The van der Waals surface area contributed by atoms with Gasteiger partial charge in [-0.15, -0.1) is 0 Å². The first-order valence-corrected chi connectivity index (χ1v) is 5.53. The van der Waals surface area contributed by atoms with E-state index in [2.05, 4.69) is 31.2 Å². The Hall–Kier alpha value is -0.720. The van der Waals surface area contributed by atoms with Crippen molar-refractivity contribution in [2.24, 2.45) is 0 Å². The van der Waals surface area contributed by atoms with E-state index < -0.39 is 0 Å². The summed E-state index contributed by atoms with van der Waals surface area (Å²) in [5.74, 6) is 0. The summed E-state index contributed by atoms with van der Waals surface area (Å²) in [4.78, 5) is 3.21. The summed E-state index contributed by atoms with van der Waals surface area (Å²) >= 11 is 0. The lowest BCUT2D eigenvalue weighted by molar-refractivity contribution is 0.713. The first-order chi connectivity index (χ1) is 6.38. The fourth-order valence-corrected chi connectivity index (χ4v) is 1.73. The summed E-state index contributed by atoms with van der Waals surface area (Å²) in [5.41, 5.74) is 3.06. The Bertz CT molecular complexity index is 225. The predicted octanol–water partition coefficient (Wildman–Crippen LogP) is 3.70. The molecule has 13 heavy (non-hydrogen) atoms. The summed E-state index contributed by atoms with van der Waals surface area (Å²) in [6.45, 7) is 4.49. The Kier molecular flexibility index (Phi) is 4.66. The molecule has 1 aromatic heterocycles. The number of aromatic amines is 1. The van der Waals surface area contributed by atoms with Crippen molar-refractivity contribution in [2.75, 3.05) is 0 Å². The van der Waals surface area contributed by atoms with Gasteiger partial charge in [0.2, 0.25) is 0 Å². The average Bonchev–Trinajstić information content (AvgIpc) is 2.54. The van der Waals surface area contributed by atoms with Crippen molar-refractivity contribution in [2.45, 2.75) is 52.4 Å². The van der Waals surface area contributed by atoms with Crippen LogP contribution in [0.5, 0.6) is 0 Å². The summed E-state index contributed by atoms with van der Waals surface area (Å²) in [6.07, 6.45) is 12.1. The Labute approximate surface area is 81.6 Å². The first kappa shape index (κ1) is 10.4. The zero-order chi connectivity index (χ0) is 9.52. The van der Waals surface area contributed by atoms with Gasteiger partial charge >= 0.3 is 0 Å². The van der Waals surface area contributed by atoms with E-state index in [-0.39, 0.29) is 0 Å². The second-order valence-electron chi connectivity index (χ2n) is 3.71. The molecule has 0 aliphatic carbocycles. The predicted molar refractivity (Wildman–Crippen MR) is 58.0 cm³/mol. The zero-order valence-electron chi connectivity index (χ0n) is 8.90. The molecule has 0 amide bonds. The fraction of sp³-hybridized carbons (Fsp3) is 0.667. The van der Waals surface area contributed by atoms with E-state index >= 15 is 0 Å². The molecule has 74 valence electrons. The summed E-state index contributed by atoms with van der Waals surface area (Å²) in [6, 6.07) is 0. The summed E-state index contributed by atoms with van der Waals surface area (Å²) in [7, 11) is 0. The van der Waals surface area contributed by atoms with Gasteiger partial charge < -0.3 is 4.98 Å². The molecule has 0 aliphatic heterocycles. The fourth-order valence-electron chi connectivity index (χ4n) is 1.73. The number of aromatic nitrogens is 1. The van der Waals surface area contributed by atoms with Gasteiger partial charge in [-0.05, 0) is 30.4 Å². The topological polar surface area (TPSA) is 15.8 Å². The van der Waals surface area contributed by atoms with E-state index in [0.29, 0.717) is 0 Å².